The van der Waals surface area contributed by atoms with Crippen LogP contribution in [0.2, 0.25) is 0 Å². The molecule has 7 N–H and O–H groups in total. The van der Waals surface area contributed by atoms with E-state index in [9.17, 15) is 42.0 Å². The van der Waals surface area contributed by atoms with Gasteiger partial charge < -0.3 is 35.7 Å². The van der Waals surface area contributed by atoms with E-state index in [1.165, 1.54) is 70.6 Å². The molecule has 3 amide bonds. The number of azo groups is 1. The number of carbonyl (C=O) groups excluding carboxylic acids is 3. The smallest absolute Gasteiger partial charge is 0.325 e. The van der Waals surface area contributed by atoms with Gasteiger partial charge in [0.25, 0.3) is 11.1 Å². The van der Waals surface area contributed by atoms with Crippen LogP contribution in [0.4, 0.5) is 28.4 Å². The lowest BCUT2D eigenvalue weighted by Gasteiger charge is -2.25. The van der Waals surface area contributed by atoms with E-state index in [0.29, 0.717) is 43.9 Å². The molecule has 0 fully saturated rings. The van der Waals surface area contributed by atoms with Crippen LogP contribution in [-0.4, -0.2) is 109 Å². The van der Waals surface area contributed by atoms with Gasteiger partial charge in [0, 0.05) is 118 Å². The average Bonchev–Trinajstić information content (AvgIpc) is 1.60. The molecule has 2 aromatic heterocycles. The zero-order valence-electron chi connectivity index (χ0n) is 62.3. The Bertz CT molecular complexity index is 4220. The maximum absolute atomic E-state index is 12.7. The summed E-state index contributed by atoms with van der Waals surface area (Å²) >= 11 is 0. The second-order valence-corrected chi connectivity index (χ2v) is 30.1. The highest BCUT2D eigenvalue weighted by atomic mass is 32.2. The van der Waals surface area contributed by atoms with Crippen LogP contribution in [0.1, 0.15) is 182 Å². The number of likely N-dealkylation sites (N-methyl/N-ethyl adjacent to an activating group) is 1. The van der Waals surface area contributed by atoms with Gasteiger partial charge in [-0.3, -0.25) is 33.9 Å². The minimum Gasteiger partial charge on any atom is -0.378 e. The quantitative estimate of drug-likeness (QED) is 0.00902. The van der Waals surface area contributed by atoms with Gasteiger partial charge in [-0.05, 0) is 150 Å². The van der Waals surface area contributed by atoms with Gasteiger partial charge in [0.15, 0.2) is 15.5 Å². The van der Waals surface area contributed by atoms with Crippen LogP contribution in [0.15, 0.2) is 180 Å². The van der Waals surface area contributed by atoms with Crippen LogP contribution < -0.4 is 48.2 Å². The SMILES string of the molecule is CC(C)C.CC(C)C.CCN1C(=CC=CC2=[N+](CCCCCC(=O)NCCCCCCNC(=O)/C=C/c3c[nH]c(=O)[nH]c3=O)c3ccccc3C2(C)C)C(C)(C)c2ccccc21.CN(C)c1ccc(N=Nc2ccc(S(=O)(=O)CCCCCCCNC(=O)/C=C/c3c[nH]c(=O)[nH]c3=O)cc2)cc1. The van der Waals surface area contributed by atoms with Gasteiger partial charge in [-0.2, -0.15) is 14.8 Å². The third kappa shape index (κ3) is 27.4. The number of carbonyl (C=O) groups is 3. The maximum atomic E-state index is 12.7. The topological polar surface area (TPSA) is 287 Å². The molecule has 0 atom stereocenters. The van der Waals surface area contributed by atoms with Gasteiger partial charge in [0.05, 0.1) is 38.6 Å². The molecule has 22 heteroatoms. The summed E-state index contributed by atoms with van der Waals surface area (Å²) in [4.78, 5) is 95.3. The molecule has 2 aliphatic heterocycles. The van der Waals surface area contributed by atoms with Gasteiger partial charge >= 0.3 is 11.4 Å². The van der Waals surface area contributed by atoms with E-state index >= 15 is 0 Å². The monoisotopic (exact) mass is 1420 g/mol. The van der Waals surface area contributed by atoms with E-state index in [1.807, 2.05) is 43.3 Å². The molecule has 102 heavy (non-hydrogen) atoms. The molecule has 4 heterocycles. The molecular formula is C80H111N12O9S+. The minimum absolute atomic E-state index is 0.0670. The molecule has 4 aromatic carbocycles. The molecule has 0 aliphatic carbocycles. The highest BCUT2D eigenvalue weighted by Gasteiger charge is 2.44. The number of hydrogen-bond donors (Lipinski definition) is 7. The Hall–Kier alpha value is -9.57. The number of nitrogens with zero attached hydrogens (tertiary/aromatic N) is 5. The number of hydrogen-bond acceptors (Lipinski definition) is 13. The zero-order chi connectivity index (χ0) is 74.8. The van der Waals surface area contributed by atoms with Gasteiger partial charge in [-0.15, -0.1) is 0 Å². The van der Waals surface area contributed by atoms with E-state index < -0.39 is 32.3 Å². The summed E-state index contributed by atoms with van der Waals surface area (Å²) in [5.41, 5.74) is 8.12. The van der Waals surface area contributed by atoms with Crippen molar-refractivity contribution in [3.05, 3.63) is 209 Å². The highest BCUT2D eigenvalue weighted by molar-refractivity contribution is 7.91. The molecule has 0 bridgehead atoms. The molecule has 0 saturated carbocycles. The van der Waals surface area contributed by atoms with E-state index in [2.05, 4.69) is 199 Å². The fourth-order valence-corrected chi connectivity index (χ4v) is 12.8. The summed E-state index contributed by atoms with van der Waals surface area (Å²) in [5.74, 6) is 1.19. The highest BCUT2D eigenvalue weighted by Crippen LogP contribution is 2.47. The lowest BCUT2D eigenvalue weighted by Crippen LogP contribution is -2.28. The summed E-state index contributed by atoms with van der Waals surface area (Å²) in [5, 5.41) is 17.0. The number of nitrogens with one attached hydrogen (secondary N) is 7. The van der Waals surface area contributed by atoms with Gasteiger partial charge in [-0.25, -0.2) is 18.0 Å². The maximum Gasteiger partial charge on any atom is 0.325 e. The van der Waals surface area contributed by atoms with Crippen LogP contribution in [0, 0.1) is 11.8 Å². The second kappa shape index (κ2) is 42.0. The first kappa shape index (κ1) is 83.1. The largest absolute Gasteiger partial charge is 0.378 e. The average molecular weight is 1420 g/mol. The Balaban J connectivity index is 0.000000344. The fourth-order valence-electron chi connectivity index (χ4n) is 11.4. The van der Waals surface area contributed by atoms with Crippen molar-refractivity contribution in [1.29, 1.82) is 0 Å². The zero-order valence-corrected chi connectivity index (χ0v) is 63.2. The third-order valence-electron chi connectivity index (χ3n) is 16.7. The number of fused-ring (bicyclic) bond motifs is 2. The second-order valence-electron chi connectivity index (χ2n) is 28.0. The Morgan fingerprint density at radius 1 is 0.578 bits per heavy atom. The number of aromatic amines is 4. The molecule has 0 saturated heterocycles. The number of unbranched alkanes of at least 4 members (excludes halogenated alkanes) is 9. The summed E-state index contributed by atoms with van der Waals surface area (Å²) in [6.45, 7) is 28.0. The number of sulfone groups is 1. The van der Waals surface area contributed by atoms with Crippen molar-refractivity contribution in [3.8, 4) is 0 Å². The van der Waals surface area contributed by atoms with Gasteiger partial charge in [0.1, 0.15) is 6.54 Å². The van der Waals surface area contributed by atoms with Crippen molar-refractivity contribution >= 4 is 73.9 Å². The van der Waals surface area contributed by atoms with Crippen LogP contribution in [0.25, 0.3) is 12.2 Å². The van der Waals surface area contributed by atoms with Crippen LogP contribution in [0.3, 0.4) is 0 Å². The Morgan fingerprint density at radius 2 is 1.05 bits per heavy atom. The summed E-state index contributed by atoms with van der Waals surface area (Å²) in [6, 6.07) is 31.5. The van der Waals surface area contributed by atoms with E-state index in [0.717, 1.165) is 101 Å². The number of H-pyrrole nitrogens is 4. The van der Waals surface area contributed by atoms with Crippen molar-refractivity contribution in [2.24, 2.45) is 22.1 Å². The van der Waals surface area contributed by atoms with Crippen LogP contribution in [0.5, 0.6) is 0 Å². The number of amides is 3. The Labute approximate surface area is 603 Å². The number of para-hydroxylation sites is 2. The molecule has 21 nitrogen and oxygen atoms in total. The van der Waals surface area contributed by atoms with Gasteiger partial charge in [0.2, 0.25) is 23.4 Å². The van der Waals surface area contributed by atoms with Crippen LogP contribution in [-0.2, 0) is 35.1 Å². The number of aromatic nitrogens is 4. The number of allylic oxidation sites excluding steroid dienone is 4. The lowest BCUT2D eigenvalue weighted by atomic mass is 9.81. The first-order valence-electron chi connectivity index (χ1n) is 35.9. The normalized spacial score (nSPS) is 14.0. The van der Waals surface area contributed by atoms with E-state index in [1.54, 1.807) is 24.3 Å². The van der Waals surface area contributed by atoms with Crippen molar-refractivity contribution in [1.82, 2.24) is 35.9 Å². The lowest BCUT2D eigenvalue weighted by molar-refractivity contribution is -0.438. The van der Waals surface area contributed by atoms with Crippen molar-refractivity contribution in [3.63, 3.8) is 0 Å². The Morgan fingerprint density at radius 3 is 1.57 bits per heavy atom. The molecular weight excluding hydrogens is 1310 g/mol. The van der Waals surface area contributed by atoms with Gasteiger partial charge in [-0.1, -0.05) is 130 Å². The predicted octanol–water partition coefficient (Wildman–Crippen LogP) is 14.2. The molecule has 2 aliphatic rings. The van der Waals surface area contributed by atoms with Crippen molar-refractivity contribution < 1.29 is 27.4 Å². The number of benzene rings is 4. The number of rotatable bonds is 32. The first-order valence-corrected chi connectivity index (χ1v) is 37.6. The molecule has 550 valence electrons. The molecule has 0 radical (unpaired) electrons. The molecule has 6 aromatic rings. The van der Waals surface area contributed by atoms with Crippen molar-refractivity contribution in [2.45, 2.75) is 175 Å². The molecule has 0 unspecified atom stereocenters. The standard InChI is InChI=1S/C44H56N6O4.C28H34N6O5S.2C4H10/c1-6-49-35-21-13-11-19-33(35)43(2,3)37(49)23-18-24-38-44(4,5)34-20-12-14-22-36(34)50(38)30-17-9-10-25-39(51)45-28-15-7-8-16-29-46-40(52)27-26-32-31-47-42(54)48-41(32)53;1-34(2)24-13-9-22(10-14-24)32-33-23-11-15-25(16-12-23)40(38,39)19-7-5-3-4-6-18-29-26(35)17-8-21-20-30-28(37)31-27(21)36;2*1-4(2)3/h11-14,18-24,26-27,31H,6-10,15-17,25,28-30H2,1-5H3,(H3-,45,46,47,48,51,52,53,54);8-17,20H,3-7,18-19H2,1-2H3,(H,29,35)(H2,30,31,36,37);2*4H,1-3H3/p+1/b;17-8+,33-32?;;. The van der Waals surface area contributed by atoms with E-state index in [-0.39, 0.29) is 50.3 Å². The summed E-state index contributed by atoms with van der Waals surface area (Å²) in [7, 11) is 0.538. The summed E-state index contributed by atoms with van der Waals surface area (Å²) < 4.78 is 27.8. The summed E-state index contributed by atoms with van der Waals surface area (Å²) in [6.07, 6.45) is 25.3. The first-order chi connectivity index (χ1) is 48.5. The minimum atomic E-state index is -3.39. The van der Waals surface area contributed by atoms with Crippen molar-refractivity contribution in [2.75, 3.05) is 62.4 Å². The molecule has 8 rings (SSSR count). The molecule has 0 spiro atoms. The number of anilines is 2. The fraction of sp³-hybridized carbons (Fsp3) is 0.450. The van der Waals surface area contributed by atoms with E-state index in [4.69, 9.17) is 0 Å². The third-order valence-corrected chi connectivity index (χ3v) is 18.5. The van der Waals surface area contributed by atoms with Crippen LogP contribution >= 0.6 is 0 Å². The predicted molar refractivity (Wildman–Crippen MR) is 416 cm³/mol. The Kier molecular flexibility index (Phi) is 34.2.